The van der Waals surface area contributed by atoms with Gasteiger partial charge in [0, 0.05) is 6.42 Å². The van der Waals surface area contributed by atoms with Gasteiger partial charge in [-0.1, -0.05) is 30.3 Å². The first-order chi connectivity index (χ1) is 7.76. The van der Waals surface area contributed by atoms with Crippen LogP contribution in [0.5, 0.6) is 0 Å². The van der Waals surface area contributed by atoms with Gasteiger partial charge in [-0.3, -0.25) is 4.79 Å². The minimum absolute atomic E-state index is 0.0484. The van der Waals surface area contributed by atoms with Gasteiger partial charge in [-0.25, -0.2) is 0 Å². The van der Waals surface area contributed by atoms with Gasteiger partial charge in [-0.15, -0.1) is 0 Å². The number of benzene rings is 1. The Balaban J connectivity index is 2.46. The molecule has 0 radical (unpaired) electrons. The van der Waals surface area contributed by atoms with Crippen LogP contribution in [0.4, 0.5) is 0 Å². The van der Waals surface area contributed by atoms with Crippen LogP contribution in [-0.4, -0.2) is 29.4 Å². The molecule has 0 aliphatic heterocycles. The van der Waals surface area contributed by atoms with Gasteiger partial charge in [0.15, 0.2) is 0 Å². The molecule has 0 heterocycles. The lowest BCUT2D eigenvalue weighted by atomic mass is 10.1. The number of rotatable bonds is 6. The molecule has 3 nitrogen and oxygen atoms in total. The first kappa shape index (κ1) is 13.1. The van der Waals surface area contributed by atoms with Crippen molar-refractivity contribution in [2.24, 2.45) is 0 Å². The Morgan fingerprint density at radius 1 is 1.38 bits per heavy atom. The van der Waals surface area contributed by atoms with E-state index in [0.717, 1.165) is 5.56 Å². The second-order valence-electron chi connectivity index (χ2n) is 3.61. The van der Waals surface area contributed by atoms with Crippen molar-refractivity contribution in [3.63, 3.8) is 0 Å². The third-order valence-electron chi connectivity index (χ3n) is 2.25. The average molecular weight is 239 g/mol. The van der Waals surface area contributed by atoms with Gasteiger partial charge in [0.2, 0.25) is 5.91 Å². The molecule has 1 atom stereocenters. The normalized spacial score (nSPS) is 12.1. The van der Waals surface area contributed by atoms with E-state index in [1.54, 1.807) is 0 Å². The SMILES string of the molecule is O=C(CCS)NC(CO)Cc1ccccc1. The van der Waals surface area contributed by atoms with Crippen LogP contribution in [0.15, 0.2) is 30.3 Å². The number of aliphatic hydroxyl groups excluding tert-OH is 1. The van der Waals surface area contributed by atoms with Gasteiger partial charge < -0.3 is 10.4 Å². The lowest BCUT2D eigenvalue weighted by Gasteiger charge is -2.16. The topological polar surface area (TPSA) is 49.3 Å². The summed E-state index contributed by atoms with van der Waals surface area (Å²) in [5, 5.41) is 11.9. The fourth-order valence-electron chi connectivity index (χ4n) is 1.46. The molecule has 0 spiro atoms. The van der Waals surface area contributed by atoms with Gasteiger partial charge in [0.05, 0.1) is 12.6 Å². The Bertz CT molecular complexity index is 316. The van der Waals surface area contributed by atoms with E-state index in [-0.39, 0.29) is 18.6 Å². The summed E-state index contributed by atoms with van der Waals surface area (Å²) >= 11 is 3.99. The van der Waals surface area contributed by atoms with Crippen molar-refractivity contribution >= 4 is 18.5 Å². The largest absolute Gasteiger partial charge is 0.394 e. The van der Waals surface area contributed by atoms with E-state index in [2.05, 4.69) is 17.9 Å². The monoisotopic (exact) mass is 239 g/mol. The van der Waals surface area contributed by atoms with Gasteiger partial charge >= 0.3 is 0 Å². The van der Waals surface area contributed by atoms with Crippen molar-refractivity contribution in [2.45, 2.75) is 18.9 Å². The molecule has 88 valence electrons. The summed E-state index contributed by atoms with van der Waals surface area (Å²) in [5.41, 5.74) is 1.10. The summed E-state index contributed by atoms with van der Waals surface area (Å²) in [6, 6.07) is 9.57. The summed E-state index contributed by atoms with van der Waals surface area (Å²) in [6.07, 6.45) is 1.03. The van der Waals surface area contributed by atoms with E-state index >= 15 is 0 Å². The molecule has 0 aromatic heterocycles. The standard InChI is InChI=1S/C12H17NO2S/c14-9-11(13-12(15)6-7-16)8-10-4-2-1-3-5-10/h1-5,11,14,16H,6-9H2,(H,13,15). The zero-order valence-electron chi connectivity index (χ0n) is 9.10. The molecule has 0 aliphatic carbocycles. The molecule has 1 rings (SSSR count). The highest BCUT2D eigenvalue weighted by molar-refractivity contribution is 7.80. The summed E-state index contributed by atoms with van der Waals surface area (Å²) in [4.78, 5) is 11.3. The van der Waals surface area contributed by atoms with Crippen molar-refractivity contribution in [3.05, 3.63) is 35.9 Å². The maximum absolute atomic E-state index is 11.3. The van der Waals surface area contributed by atoms with Crippen LogP contribution in [0.1, 0.15) is 12.0 Å². The molecule has 4 heteroatoms. The molecule has 1 aromatic carbocycles. The number of hydrogen-bond donors (Lipinski definition) is 3. The van der Waals surface area contributed by atoms with Crippen LogP contribution in [0.25, 0.3) is 0 Å². The number of amides is 1. The van der Waals surface area contributed by atoms with Gasteiger partial charge in [-0.05, 0) is 17.7 Å². The number of thiol groups is 1. The third-order valence-corrected chi connectivity index (χ3v) is 2.47. The first-order valence-corrected chi connectivity index (χ1v) is 5.94. The molecule has 16 heavy (non-hydrogen) atoms. The zero-order valence-corrected chi connectivity index (χ0v) is 9.99. The van der Waals surface area contributed by atoms with Crippen molar-refractivity contribution in [2.75, 3.05) is 12.4 Å². The van der Waals surface area contributed by atoms with Crippen LogP contribution in [-0.2, 0) is 11.2 Å². The van der Waals surface area contributed by atoms with Crippen molar-refractivity contribution < 1.29 is 9.90 Å². The minimum Gasteiger partial charge on any atom is -0.394 e. The number of aliphatic hydroxyl groups is 1. The number of nitrogens with one attached hydrogen (secondary N) is 1. The Morgan fingerprint density at radius 2 is 2.06 bits per heavy atom. The lowest BCUT2D eigenvalue weighted by molar-refractivity contribution is -0.121. The number of carbonyl (C=O) groups excluding carboxylic acids is 1. The van der Waals surface area contributed by atoms with E-state index in [0.29, 0.717) is 18.6 Å². The molecule has 2 N–H and O–H groups in total. The molecule has 0 saturated carbocycles. The molecule has 1 aromatic rings. The average Bonchev–Trinajstić information content (AvgIpc) is 2.30. The summed E-state index contributed by atoms with van der Waals surface area (Å²) in [6.45, 7) is -0.0484. The van der Waals surface area contributed by atoms with E-state index in [1.165, 1.54) is 0 Å². The fourth-order valence-corrected chi connectivity index (χ4v) is 1.66. The second-order valence-corrected chi connectivity index (χ2v) is 4.06. The second kappa shape index (κ2) is 7.30. The summed E-state index contributed by atoms with van der Waals surface area (Å²) in [5.74, 6) is 0.458. The van der Waals surface area contributed by atoms with Crippen LogP contribution in [0.3, 0.4) is 0 Å². The molecular weight excluding hydrogens is 222 g/mol. The molecule has 0 bridgehead atoms. The Hall–Kier alpha value is -1.00. The smallest absolute Gasteiger partial charge is 0.221 e. The maximum Gasteiger partial charge on any atom is 0.221 e. The molecule has 0 saturated heterocycles. The van der Waals surface area contributed by atoms with Crippen LogP contribution in [0.2, 0.25) is 0 Å². The number of carbonyl (C=O) groups is 1. The van der Waals surface area contributed by atoms with Crippen molar-refractivity contribution in [1.29, 1.82) is 0 Å². The highest BCUT2D eigenvalue weighted by Gasteiger charge is 2.11. The van der Waals surface area contributed by atoms with E-state index in [4.69, 9.17) is 0 Å². The van der Waals surface area contributed by atoms with Crippen LogP contribution < -0.4 is 5.32 Å². The Kier molecular flexibility index (Phi) is 5.96. The molecular formula is C12H17NO2S. The van der Waals surface area contributed by atoms with Crippen LogP contribution in [0, 0.1) is 0 Å². The molecule has 0 fully saturated rings. The summed E-state index contributed by atoms with van der Waals surface area (Å²) in [7, 11) is 0. The van der Waals surface area contributed by atoms with E-state index < -0.39 is 0 Å². The van der Waals surface area contributed by atoms with E-state index in [9.17, 15) is 9.90 Å². The van der Waals surface area contributed by atoms with Gasteiger partial charge in [-0.2, -0.15) is 12.6 Å². The highest BCUT2D eigenvalue weighted by atomic mass is 32.1. The fraction of sp³-hybridized carbons (Fsp3) is 0.417. The minimum atomic E-state index is -0.213. The lowest BCUT2D eigenvalue weighted by Crippen LogP contribution is -2.39. The zero-order chi connectivity index (χ0) is 11.8. The molecule has 1 unspecified atom stereocenters. The van der Waals surface area contributed by atoms with Crippen LogP contribution >= 0.6 is 12.6 Å². The quantitative estimate of drug-likeness (QED) is 0.649. The predicted octanol–water partition coefficient (Wildman–Crippen LogP) is 1.03. The molecule has 1 amide bonds. The van der Waals surface area contributed by atoms with E-state index in [1.807, 2.05) is 30.3 Å². The Morgan fingerprint density at radius 3 is 2.62 bits per heavy atom. The maximum atomic E-state index is 11.3. The van der Waals surface area contributed by atoms with Gasteiger partial charge in [0.25, 0.3) is 0 Å². The first-order valence-electron chi connectivity index (χ1n) is 5.31. The van der Waals surface area contributed by atoms with Crippen molar-refractivity contribution in [1.82, 2.24) is 5.32 Å². The van der Waals surface area contributed by atoms with Crippen molar-refractivity contribution in [3.8, 4) is 0 Å². The predicted molar refractivity (Wildman–Crippen MR) is 67.6 cm³/mol. The molecule has 0 aliphatic rings. The third kappa shape index (κ3) is 4.68. The highest BCUT2D eigenvalue weighted by Crippen LogP contribution is 2.03. The van der Waals surface area contributed by atoms with Gasteiger partial charge in [0.1, 0.15) is 0 Å². The Labute approximate surface area is 101 Å². The number of hydrogen-bond acceptors (Lipinski definition) is 3. The summed E-state index contributed by atoms with van der Waals surface area (Å²) < 4.78 is 0.